The van der Waals surface area contributed by atoms with Gasteiger partial charge in [-0.1, -0.05) is 0 Å². The van der Waals surface area contributed by atoms with Crippen molar-refractivity contribution in [3.05, 3.63) is 23.9 Å². The van der Waals surface area contributed by atoms with Gasteiger partial charge in [-0.05, 0) is 39.1 Å². The average molecular weight is 249 g/mol. The highest BCUT2D eigenvalue weighted by Crippen LogP contribution is 2.19. The second-order valence-electron chi connectivity index (χ2n) is 4.92. The third kappa shape index (κ3) is 2.79. The highest BCUT2D eigenvalue weighted by Gasteiger charge is 2.22. The van der Waals surface area contributed by atoms with E-state index in [-0.39, 0.29) is 5.56 Å². The summed E-state index contributed by atoms with van der Waals surface area (Å²) >= 11 is 0. The summed E-state index contributed by atoms with van der Waals surface area (Å²) in [6.07, 6.45) is 3.78. The highest BCUT2D eigenvalue weighted by atomic mass is 16.4. The number of carboxylic acids is 1. The molecule has 1 saturated heterocycles. The van der Waals surface area contributed by atoms with E-state index in [1.54, 1.807) is 12.1 Å². The fourth-order valence-electron chi connectivity index (χ4n) is 2.28. The van der Waals surface area contributed by atoms with Crippen LogP contribution in [0.15, 0.2) is 18.3 Å². The minimum absolute atomic E-state index is 0.236. The van der Waals surface area contributed by atoms with E-state index in [1.165, 1.54) is 12.6 Å². The Kier molecular flexibility index (Phi) is 3.81. The fourth-order valence-corrected chi connectivity index (χ4v) is 2.28. The molecule has 0 aromatic carbocycles. The van der Waals surface area contributed by atoms with Crippen LogP contribution in [0.1, 0.15) is 23.2 Å². The molecule has 1 atom stereocenters. The van der Waals surface area contributed by atoms with Gasteiger partial charge < -0.3 is 14.9 Å². The molecule has 0 amide bonds. The zero-order valence-corrected chi connectivity index (χ0v) is 10.8. The van der Waals surface area contributed by atoms with Crippen LogP contribution in [0.2, 0.25) is 0 Å². The summed E-state index contributed by atoms with van der Waals surface area (Å²) in [7, 11) is 4.18. The van der Waals surface area contributed by atoms with Gasteiger partial charge in [0, 0.05) is 25.3 Å². The minimum Gasteiger partial charge on any atom is -0.478 e. The van der Waals surface area contributed by atoms with Crippen molar-refractivity contribution in [2.45, 2.75) is 18.9 Å². The van der Waals surface area contributed by atoms with Crippen molar-refractivity contribution in [3.63, 3.8) is 0 Å². The molecule has 1 unspecified atom stereocenters. The Bertz CT molecular complexity index is 417. The first-order valence-electron chi connectivity index (χ1n) is 6.18. The second kappa shape index (κ2) is 5.35. The summed E-state index contributed by atoms with van der Waals surface area (Å²) < 4.78 is 0. The number of nitrogens with zero attached hydrogens (tertiary/aromatic N) is 3. The van der Waals surface area contributed by atoms with E-state index in [9.17, 15) is 4.79 Å². The van der Waals surface area contributed by atoms with Gasteiger partial charge >= 0.3 is 5.97 Å². The molecule has 0 saturated carbocycles. The largest absolute Gasteiger partial charge is 0.478 e. The van der Waals surface area contributed by atoms with Gasteiger partial charge in [0.1, 0.15) is 5.82 Å². The molecular weight excluding hydrogens is 230 g/mol. The summed E-state index contributed by atoms with van der Waals surface area (Å²) in [5.41, 5.74) is 0.236. The normalized spacial score (nSPS) is 20.2. The van der Waals surface area contributed by atoms with Crippen LogP contribution < -0.4 is 4.90 Å². The lowest BCUT2D eigenvalue weighted by molar-refractivity contribution is 0.0696. The zero-order chi connectivity index (χ0) is 13.1. The van der Waals surface area contributed by atoms with Crippen LogP contribution in [0.5, 0.6) is 0 Å². The van der Waals surface area contributed by atoms with E-state index in [4.69, 9.17) is 5.11 Å². The van der Waals surface area contributed by atoms with Crippen LogP contribution in [0, 0.1) is 0 Å². The Morgan fingerprint density at radius 3 is 2.83 bits per heavy atom. The average Bonchev–Trinajstić information content (AvgIpc) is 2.39. The third-order valence-corrected chi connectivity index (χ3v) is 3.45. The molecule has 5 nitrogen and oxygen atoms in total. The summed E-state index contributed by atoms with van der Waals surface area (Å²) in [5, 5.41) is 8.84. The van der Waals surface area contributed by atoms with Crippen molar-refractivity contribution >= 4 is 11.8 Å². The van der Waals surface area contributed by atoms with Crippen LogP contribution in [-0.2, 0) is 0 Å². The molecule has 0 spiro atoms. The first-order chi connectivity index (χ1) is 8.58. The summed E-state index contributed by atoms with van der Waals surface area (Å²) in [6, 6.07) is 3.95. The molecule has 5 heteroatoms. The first-order valence-corrected chi connectivity index (χ1v) is 6.18. The molecular formula is C13H19N3O2. The molecule has 1 aromatic heterocycles. The molecule has 0 radical (unpaired) electrons. The molecule has 18 heavy (non-hydrogen) atoms. The molecule has 0 bridgehead atoms. The van der Waals surface area contributed by atoms with Crippen molar-refractivity contribution in [3.8, 4) is 0 Å². The molecule has 0 aliphatic carbocycles. The quantitative estimate of drug-likeness (QED) is 0.875. The van der Waals surface area contributed by atoms with Gasteiger partial charge in [0.05, 0.1) is 5.56 Å². The van der Waals surface area contributed by atoms with E-state index in [2.05, 4.69) is 28.9 Å². The predicted molar refractivity (Wildman–Crippen MR) is 70.1 cm³/mol. The Labute approximate surface area is 107 Å². The topological polar surface area (TPSA) is 56.7 Å². The van der Waals surface area contributed by atoms with Crippen molar-refractivity contribution in [2.24, 2.45) is 0 Å². The van der Waals surface area contributed by atoms with Crippen molar-refractivity contribution in [1.29, 1.82) is 0 Å². The maximum atomic E-state index is 10.8. The van der Waals surface area contributed by atoms with Crippen LogP contribution in [0.4, 0.5) is 5.82 Å². The van der Waals surface area contributed by atoms with Gasteiger partial charge in [-0.15, -0.1) is 0 Å². The van der Waals surface area contributed by atoms with Crippen LogP contribution >= 0.6 is 0 Å². The van der Waals surface area contributed by atoms with E-state index in [0.717, 1.165) is 25.3 Å². The van der Waals surface area contributed by atoms with Gasteiger partial charge in [-0.2, -0.15) is 0 Å². The lowest BCUT2D eigenvalue weighted by Crippen LogP contribution is -2.45. The van der Waals surface area contributed by atoms with Crippen molar-refractivity contribution in [1.82, 2.24) is 9.88 Å². The van der Waals surface area contributed by atoms with E-state index < -0.39 is 5.97 Å². The van der Waals surface area contributed by atoms with Gasteiger partial charge in [-0.25, -0.2) is 9.78 Å². The number of pyridine rings is 1. The molecule has 1 aliphatic rings. The molecule has 2 rings (SSSR count). The first kappa shape index (κ1) is 12.8. The molecule has 98 valence electrons. The van der Waals surface area contributed by atoms with Gasteiger partial charge in [0.25, 0.3) is 0 Å². The van der Waals surface area contributed by atoms with Crippen molar-refractivity contribution in [2.75, 3.05) is 32.1 Å². The Morgan fingerprint density at radius 2 is 2.28 bits per heavy atom. The Balaban J connectivity index is 2.09. The molecule has 1 fully saturated rings. The Morgan fingerprint density at radius 1 is 1.50 bits per heavy atom. The molecule has 2 heterocycles. The summed E-state index contributed by atoms with van der Waals surface area (Å²) in [4.78, 5) is 19.5. The number of carbonyl (C=O) groups is 1. The minimum atomic E-state index is -0.932. The lowest BCUT2D eigenvalue weighted by atomic mass is 10.0. The van der Waals surface area contributed by atoms with Crippen LogP contribution in [0.25, 0.3) is 0 Å². The number of rotatable bonds is 3. The number of aromatic carboxylic acids is 1. The van der Waals surface area contributed by atoms with Crippen LogP contribution in [0.3, 0.4) is 0 Å². The fraction of sp³-hybridized carbons (Fsp3) is 0.538. The van der Waals surface area contributed by atoms with E-state index >= 15 is 0 Å². The maximum absolute atomic E-state index is 10.8. The smallest absolute Gasteiger partial charge is 0.337 e. The van der Waals surface area contributed by atoms with Gasteiger partial charge in [-0.3, -0.25) is 0 Å². The number of piperidine rings is 1. The number of carboxylic acid groups (broad SMARTS) is 1. The maximum Gasteiger partial charge on any atom is 0.337 e. The number of likely N-dealkylation sites (N-methyl/N-ethyl adjacent to an activating group) is 1. The SMILES string of the molecule is CN(C)C1CCCN(c2ccc(C(=O)O)cn2)C1. The third-order valence-electron chi connectivity index (χ3n) is 3.45. The van der Waals surface area contributed by atoms with Gasteiger partial charge in [0.2, 0.25) is 0 Å². The number of anilines is 1. The second-order valence-corrected chi connectivity index (χ2v) is 4.92. The van der Waals surface area contributed by atoms with E-state index in [1.807, 2.05) is 0 Å². The number of aromatic nitrogens is 1. The van der Waals surface area contributed by atoms with Gasteiger partial charge in [0.15, 0.2) is 0 Å². The standard InChI is InChI=1S/C13H19N3O2/c1-15(2)11-4-3-7-16(9-11)12-6-5-10(8-14-12)13(17)18/h5-6,8,11H,3-4,7,9H2,1-2H3,(H,17,18). The molecule has 1 aliphatic heterocycles. The highest BCUT2D eigenvalue weighted by molar-refractivity contribution is 5.87. The molecule has 1 aromatic rings. The zero-order valence-electron chi connectivity index (χ0n) is 10.8. The number of hydrogen-bond acceptors (Lipinski definition) is 4. The van der Waals surface area contributed by atoms with Crippen molar-refractivity contribution < 1.29 is 9.90 Å². The predicted octanol–water partition coefficient (Wildman–Crippen LogP) is 1.31. The summed E-state index contributed by atoms with van der Waals surface area (Å²) in [5.74, 6) is -0.0644. The van der Waals surface area contributed by atoms with E-state index in [0.29, 0.717) is 6.04 Å². The lowest BCUT2D eigenvalue weighted by Gasteiger charge is -2.36. The summed E-state index contributed by atoms with van der Waals surface area (Å²) in [6.45, 7) is 1.94. The Hall–Kier alpha value is -1.62. The monoisotopic (exact) mass is 249 g/mol. The molecule has 1 N–H and O–H groups in total. The van der Waals surface area contributed by atoms with Crippen LogP contribution in [-0.4, -0.2) is 54.2 Å². The number of hydrogen-bond donors (Lipinski definition) is 1.